The maximum Gasteiger partial charge on any atom is 0.196 e. The number of hydrogen-bond donors (Lipinski definition) is 2. The second-order valence-corrected chi connectivity index (χ2v) is 5.45. The Labute approximate surface area is 140 Å². The van der Waals surface area contributed by atoms with Gasteiger partial charge in [0.15, 0.2) is 5.78 Å². The first-order valence-corrected chi connectivity index (χ1v) is 7.52. The van der Waals surface area contributed by atoms with E-state index in [-0.39, 0.29) is 22.8 Å². The van der Waals surface area contributed by atoms with Crippen LogP contribution in [0.5, 0.6) is 11.5 Å². The molecule has 0 bridgehead atoms. The van der Waals surface area contributed by atoms with E-state index in [1.54, 1.807) is 36.2 Å². The predicted molar refractivity (Wildman–Crippen MR) is 94.2 cm³/mol. The summed E-state index contributed by atoms with van der Waals surface area (Å²) in [5, 5.41) is 20.3. The van der Waals surface area contributed by atoms with Gasteiger partial charge in [-0.25, -0.2) is 0 Å². The molecule has 0 saturated carbocycles. The molecule has 4 heteroatoms. The van der Waals surface area contributed by atoms with Gasteiger partial charge in [0.25, 0.3) is 0 Å². The van der Waals surface area contributed by atoms with Crippen LogP contribution in [0.3, 0.4) is 0 Å². The van der Waals surface area contributed by atoms with Crippen LogP contribution in [-0.4, -0.2) is 23.0 Å². The van der Waals surface area contributed by atoms with Crippen molar-refractivity contribution in [3.05, 3.63) is 83.9 Å². The molecule has 4 nitrogen and oxygen atoms in total. The maximum atomic E-state index is 12.6. The topological polar surface area (TPSA) is 60.8 Å². The van der Waals surface area contributed by atoms with E-state index >= 15 is 0 Å². The van der Waals surface area contributed by atoms with Gasteiger partial charge in [-0.3, -0.25) is 4.79 Å². The lowest BCUT2D eigenvalue weighted by molar-refractivity contribution is 0.103. The summed E-state index contributed by atoms with van der Waals surface area (Å²) < 4.78 is 0. The molecule has 0 spiro atoms. The van der Waals surface area contributed by atoms with Crippen LogP contribution in [-0.2, 0) is 0 Å². The molecule has 0 radical (unpaired) electrons. The van der Waals surface area contributed by atoms with Crippen molar-refractivity contribution in [1.29, 1.82) is 0 Å². The van der Waals surface area contributed by atoms with Crippen LogP contribution < -0.4 is 4.90 Å². The summed E-state index contributed by atoms with van der Waals surface area (Å²) >= 11 is 0. The van der Waals surface area contributed by atoms with Gasteiger partial charge in [-0.15, -0.1) is 0 Å². The van der Waals surface area contributed by atoms with E-state index in [0.29, 0.717) is 11.3 Å². The van der Waals surface area contributed by atoms with Crippen LogP contribution in [0.1, 0.15) is 15.9 Å². The summed E-state index contributed by atoms with van der Waals surface area (Å²) in [5.41, 5.74) is 1.93. The summed E-state index contributed by atoms with van der Waals surface area (Å²) in [7, 11) is 1.79. The zero-order valence-corrected chi connectivity index (χ0v) is 13.2. The average molecular weight is 319 g/mol. The van der Waals surface area contributed by atoms with Crippen LogP contribution in [0, 0.1) is 0 Å². The number of para-hydroxylation sites is 1. The summed E-state index contributed by atoms with van der Waals surface area (Å²) in [6, 6.07) is 20.9. The number of hydrogen-bond acceptors (Lipinski definition) is 4. The molecular formula is C20H17NO3. The van der Waals surface area contributed by atoms with Gasteiger partial charge in [0, 0.05) is 24.4 Å². The van der Waals surface area contributed by atoms with Gasteiger partial charge in [-0.1, -0.05) is 48.5 Å². The highest BCUT2D eigenvalue weighted by Gasteiger charge is 2.19. The number of phenols is 2. The van der Waals surface area contributed by atoms with Crippen molar-refractivity contribution in [2.24, 2.45) is 0 Å². The third kappa shape index (κ3) is 2.94. The molecule has 3 rings (SSSR count). The minimum Gasteiger partial charge on any atom is -0.507 e. The first-order valence-electron chi connectivity index (χ1n) is 7.52. The Hall–Kier alpha value is -3.27. The Kier molecular flexibility index (Phi) is 4.20. The smallest absolute Gasteiger partial charge is 0.196 e. The number of ketones is 1. The van der Waals surface area contributed by atoms with E-state index in [1.807, 2.05) is 36.4 Å². The van der Waals surface area contributed by atoms with Gasteiger partial charge in [0.05, 0.1) is 11.3 Å². The fourth-order valence-electron chi connectivity index (χ4n) is 2.55. The molecule has 0 unspecified atom stereocenters. The Balaban J connectivity index is 2.05. The van der Waals surface area contributed by atoms with Crippen LogP contribution in [0.2, 0.25) is 0 Å². The highest BCUT2D eigenvalue weighted by atomic mass is 16.3. The predicted octanol–water partition coefficient (Wildman–Crippen LogP) is 4.10. The van der Waals surface area contributed by atoms with E-state index in [0.717, 1.165) is 5.69 Å². The first kappa shape index (κ1) is 15.6. The molecule has 0 aliphatic carbocycles. The van der Waals surface area contributed by atoms with Crippen molar-refractivity contribution < 1.29 is 15.0 Å². The molecule has 3 aromatic carbocycles. The number of phenolic OH excluding ortho intramolecular Hbond substituents is 2. The molecule has 120 valence electrons. The monoisotopic (exact) mass is 319 g/mol. The molecule has 0 aliphatic heterocycles. The molecule has 0 saturated heterocycles. The molecule has 3 aromatic rings. The standard InChI is InChI=1S/C20H17NO3/c1-21(15-10-6-3-7-11-15)17-12-16(18(22)13-19(17)23)20(24)14-8-4-2-5-9-14/h2-13,22-23H,1H3. The minimum absolute atomic E-state index is 0.0940. The van der Waals surface area contributed by atoms with E-state index < -0.39 is 0 Å². The van der Waals surface area contributed by atoms with Gasteiger partial charge in [-0.05, 0) is 18.2 Å². The Morgan fingerprint density at radius 3 is 2.04 bits per heavy atom. The van der Waals surface area contributed by atoms with Crippen molar-refractivity contribution >= 4 is 17.2 Å². The Bertz CT molecular complexity index is 861. The highest BCUT2D eigenvalue weighted by molar-refractivity contribution is 6.11. The molecule has 0 aliphatic rings. The van der Waals surface area contributed by atoms with Crippen molar-refractivity contribution in [2.75, 3.05) is 11.9 Å². The van der Waals surface area contributed by atoms with Crippen LogP contribution in [0.15, 0.2) is 72.8 Å². The fraction of sp³-hybridized carbons (Fsp3) is 0.0500. The molecular weight excluding hydrogens is 302 g/mol. The Morgan fingerprint density at radius 2 is 1.42 bits per heavy atom. The van der Waals surface area contributed by atoms with Gasteiger partial charge in [0.1, 0.15) is 11.5 Å². The lowest BCUT2D eigenvalue weighted by Gasteiger charge is -2.21. The van der Waals surface area contributed by atoms with Crippen LogP contribution in [0.25, 0.3) is 0 Å². The summed E-state index contributed by atoms with van der Waals surface area (Å²) in [6.45, 7) is 0. The number of carbonyl (C=O) groups excluding carboxylic acids is 1. The number of rotatable bonds is 4. The van der Waals surface area contributed by atoms with E-state index in [4.69, 9.17) is 0 Å². The highest BCUT2D eigenvalue weighted by Crippen LogP contribution is 2.37. The molecule has 0 amide bonds. The molecule has 24 heavy (non-hydrogen) atoms. The molecule has 0 aromatic heterocycles. The third-order valence-electron chi connectivity index (χ3n) is 3.88. The summed E-state index contributed by atoms with van der Waals surface area (Å²) in [4.78, 5) is 14.4. The van der Waals surface area contributed by atoms with Crippen LogP contribution in [0.4, 0.5) is 11.4 Å². The van der Waals surface area contributed by atoms with Crippen molar-refractivity contribution in [3.63, 3.8) is 0 Å². The lowest BCUT2D eigenvalue weighted by Crippen LogP contribution is -2.11. The van der Waals surface area contributed by atoms with Crippen molar-refractivity contribution in [1.82, 2.24) is 0 Å². The minimum atomic E-state index is -0.296. The van der Waals surface area contributed by atoms with Gasteiger partial charge in [-0.2, -0.15) is 0 Å². The average Bonchev–Trinajstić information content (AvgIpc) is 2.62. The summed E-state index contributed by atoms with van der Waals surface area (Å²) in [6.07, 6.45) is 0. The van der Waals surface area contributed by atoms with Gasteiger partial charge < -0.3 is 15.1 Å². The number of carbonyl (C=O) groups is 1. The largest absolute Gasteiger partial charge is 0.507 e. The SMILES string of the molecule is CN(c1ccccc1)c1cc(C(=O)c2ccccc2)c(O)cc1O. The second-order valence-electron chi connectivity index (χ2n) is 5.45. The number of benzene rings is 3. The normalized spacial score (nSPS) is 10.4. The quantitative estimate of drug-likeness (QED) is 0.711. The van der Waals surface area contributed by atoms with Gasteiger partial charge in [0.2, 0.25) is 0 Å². The number of nitrogens with zero attached hydrogens (tertiary/aromatic N) is 1. The van der Waals surface area contributed by atoms with Gasteiger partial charge >= 0.3 is 0 Å². The number of anilines is 2. The Morgan fingerprint density at radius 1 is 0.833 bits per heavy atom. The third-order valence-corrected chi connectivity index (χ3v) is 3.88. The maximum absolute atomic E-state index is 12.6. The van der Waals surface area contributed by atoms with E-state index in [9.17, 15) is 15.0 Å². The molecule has 0 heterocycles. The second kappa shape index (κ2) is 6.46. The summed E-state index contributed by atoms with van der Waals surface area (Å²) in [5.74, 6) is -0.633. The van der Waals surface area contributed by atoms with E-state index in [2.05, 4.69) is 0 Å². The number of aromatic hydroxyl groups is 2. The molecule has 0 atom stereocenters. The van der Waals surface area contributed by atoms with E-state index in [1.165, 1.54) is 12.1 Å². The van der Waals surface area contributed by atoms with Crippen molar-refractivity contribution in [2.45, 2.75) is 0 Å². The fourth-order valence-corrected chi connectivity index (χ4v) is 2.55. The molecule has 2 N–H and O–H groups in total. The molecule has 0 fully saturated rings. The lowest BCUT2D eigenvalue weighted by atomic mass is 10.0. The van der Waals surface area contributed by atoms with Crippen molar-refractivity contribution in [3.8, 4) is 11.5 Å². The zero-order chi connectivity index (χ0) is 17.1. The first-order chi connectivity index (χ1) is 11.6. The van der Waals surface area contributed by atoms with Crippen LogP contribution >= 0.6 is 0 Å². The zero-order valence-electron chi connectivity index (χ0n) is 13.2.